The van der Waals surface area contributed by atoms with Gasteiger partial charge in [-0.3, -0.25) is 4.68 Å². The summed E-state index contributed by atoms with van der Waals surface area (Å²) >= 11 is 1.65. The minimum Gasteiger partial charge on any atom is -0.334 e. The van der Waals surface area contributed by atoms with Gasteiger partial charge in [0.1, 0.15) is 0 Å². The minimum atomic E-state index is -3.62. The monoisotopic (exact) mass is 393 g/mol. The van der Waals surface area contributed by atoms with Gasteiger partial charge in [0.2, 0.25) is 0 Å². The quantitative estimate of drug-likeness (QED) is 0.669. The predicted molar refractivity (Wildman–Crippen MR) is 103 cm³/mol. The Labute approximate surface area is 157 Å². The second kappa shape index (κ2) is 7.34. The average Bonchev–Trinajstić information content (AvgIpc) is 3.29. The first-order valence-electron chi connectivity index (χ1n) is 8.39. The molecule has 9 heteroatoms. The summed E-state index contributed by atoms with van der Waals surface area (Å²) in [7, 11) is -3.62. The fraction of sp³-hybridized carbons (Fsp3) is 0.412. The number of nitrogens with zero attached hydrogens (tertiary/aromatic N) is 4. The van der Waals surface area contributed by atoms with E-state index in [1.165, 1.54) is 6.33 Å². The van der Waals surface area contributed by atoms with E-state index in [0.717, 1.165) is 22.5 Å². The molecule has 0 unspecified atom stereocenters. The van der Waals surface area contributed by atoms with Crippen LogP contribution in [-0.4, -0.2) is 34.3 Å². The lowest BCUT2D eigenvalue weighted by atomic mass is 10.1. The number of hydrogen-bond acceptors (Lipinski definition) is 5. The maximum atomic E-state index is 12.4. The molecule has 0 spiro atoms. The molecule has 0 saturated carbocycles. The highest BCUT2D eigenvalue weighted by Gasteiger charge is 2.18. The maximum absolute atomic E-state index is 12.4. The van der Waals surface area contributed by atoms with Crippen molar-refractivity contribution in [2.45, 2.75) is 45.3 Å². The molecule has 0 fully saturated rings. The highest BCUT2D eigenvalue weighted by atomic mass is 32.2. The van der Waals surface area contributed by atoms with Crippen LogP contribution in [0.5, 0.6) is 0 Å². The van der Waals surface area contributed by atoms with Gasteiger partial charge in [-0.25, -0.2) is 18.1 Å². The molecule has 140 valence electrons. The second-order valence-electron chi connectivity index (χ2n) is 6.43. The zero-order valence-corrected chi connectivity index (χ0v) is 16.9. The number of hydrogen-bond donors (Lipinski definition) is 1. The lowest BCUT2D eigenvalue weighted by Gasteiger charge is -2.07. The third kappa shape index (κ3) is 3.74. The molecule has 3 rings (SSSR count). The molecule has 3 aromatic rings. The predicted octanol–water partition coefficient (Wildman–Crippen LogP) is 2.98. The van der Waals surface area contributed by atoms with Crippen LogP contribution in [0, 0.1) is 13.8 Å². The van der Waals surface area contributed by atoms with Gasteiger partial charge < -0.3 is 4.57 Å². The van der Waals surface area contributed by atoms with Gasteiger partial charge in [-0.15, -0.1) is 0 Å². The molecule has 0 aliphatic carbocycles. The van der Waals surface area contributed by atoms with Crippen LogP contribution in [0.3, 0.4) is 0 Å². The van der Waals surface area contributed by atoms with Crippen molar-refractivity contribution in [3.05, 3.63) is 40.7 Å². The standard InChI is InChI=1S/C17H23N5O2S2/c1-12(2)21-9-16(18-11-21)26(23,24)19-6-7-22-14(4)17(13(3)20-22)15-5-8-25-10-15/h5,8-12,19H,6-7H2,1-4H3. The van der Waals surface area contributed by atoms with Crippen molar-refractivity contribution in [3.8, 4) is 11.1 Å². The smallest absolute Gasteiger partial charge is 0.259 e. The molecule has 0 saturated heterocycles. The molecule has 1 N–H and O–H groups in total. The van der Waals surface area contributed by atoms with Crippen molar-refractivity contribution >= 4 is 21.4 Å². The van der Waals surface area contributed by atoms with Crippen molar-refractivity contribution in [1.82, 2.24) is 24.1 Å². The SMILES string of the molecule is Cc1nn(CCNS(=O)(=O)c2cn(C(C)C)cn2)c(C)c1-c1ccsc1. The molecule has 3 aromatic heterocycles. The number of thiophene rings is 1. The van der Waals surface area contributed by atoms with Crippen LogP contribution in [0.25, 0.3) is 11.1 Å². The van der Waals surface area contributed by atoms with E-state index in [-0.39, 0.29) is 17.6 Å². The fourth-order valence-corrected chi connectivity index (χ4v) is 4.44. The number of imidazole rings is 1. The Morgan fingerprint density at radius 2 is 2.08 bits per heavy atom. The number of aryl methyl sites for hydroxylation is 1. The maximum Gasteiger partial charge on any atom is 0.259 e. The molecular weight excluding hydrogens is 370 g/mol. The van der Waals surface area contributed by atoms with Crippen LogP contribution in [0.15, 0.2) is 34.4 Å². The molecule has 26 heavy (non-hydrogen) atoms. The molecule has 0 radical (unpaired) electrons. The number of sulfonamides is 1. The largest absolute Gasteiger partial charge is 0.334 e. The summed E-state index contributed by atoms with van der Waals surface area (Å²) in [5.41, 5.74) is 4.24. The van der Waals surface area contributed by atoms with Crippen LogP contribution in [0.2, 0.25) is 0 Å². The van der Waals surface area contributed by atoms with E-state index in [1.807, 2.05) is 37.8 Å². The van der Waals surface area contributed by atoms with Crippen molar-refractivity contribution < 1.29 is 8.42 Å². The normalized spacial score (nSPS) is 12.2. The lowest BCUT2D eigenvalue weighted by molar-refractivity contribution is 0.551. The van der Waals surface area contributed by atoms with Gasteiger partial charge in [-0.05, 0) is 50.1 Å². The zero-order valence-electron chi connectivity index (χ0n) is 15.3. The number of nitrogens with one attached hydrogen (secondary N) is 1. The van der Waals surface area contributed by atoms with Gasteiger partial charge in [-0.1, -0.05) is 0 Å². The molecule has 3 heterocycles. The van der Waals surface area contributed by atoms with Gasteiger partial charge in [0.25, 0.3) is 10.0 Å². The van der Waals surface area contributed by atoms with Crippen molar-refractivity contribution in [2.75, 3.05) is 6.54 Å². The Balaban J connectivity index is 1.69. The fourth-order valence-electron chi connectivity index (χ4n) is 2.84. The summed E-state index contributed by atoms with van der Waals surface area (Å²) in [4.78, 5) is 4.00. The Bertz CT molecular complexity index is 985. The first-order chi connectivity index (χ1) is 12.3. The molecule has 0 aromatic carbocycles. The first kappa shape index (κ1) is 18.8. The van der Waals surface area contributed by atoms with E-state index >= 15 is 0 Å². The second-order valence-corrected chi connectivity index (χ2v) is 8.93. The van der Waals surface area contributed by atoms with Crippen molar-refractivity contribution in [2.24, 2.45) is 0 Å². The minimum absolute atomic E-state index is 0.0403. The highest BCUT2D eigenvalue weighted by molar-refractivity contribution is 7.89. The van der Waals surface area contributed by atoms with Gasteiger partial charge in [0.15, 0.2) is 5.03 Å². The summed E-state index contributed by atoms with van der Waals surface area (Å²) in [5, 5.41) is 8.72. The van der Waals surface area contributed by atoms with Crippen molar-refractivity contribution in [1.29, 1.82) is 0 Å². The van der Waals surface area contributed by atoms with Crippen LogP contribution in [0.1, 0.15) is 31.3 Å². The van der Waals surface area contributed by atoms with Crippen LogP contribution in [-0.2, 0) is 16.6 Å². The molecule has 0 aliphatic rings. The van der Waals surface area contributed by atoms with Gasteiger partial charge in [-0.2, -0.15) is 16.4 Å². The summed E-state index contributed by atoms with van der Waals surface area (Å²) in [5.74, 6) is 0. The van der Waals surface area contributed by atoms with E-state index in [1.54, 1.807) is 22.1 Å². The molecule has 0 amide bonds. The van der Waals surface area contributed by atoms with E-state index in [2.05, 4.69) is 26.3 Å². The average molecular weight is 394 g/mol. The highest BCUT2D eigenvalue weighted by Crippen LogP contribution is 2.28. The van der Waals surface area contributed by atoms with E-state index in [4.69, 9.17) is 0 Å². The number of rotatable bonds is 7. The molecule has 7 nitrogen and oxygen atoms in total. The van der Waals surface area contributed by atoms with E-state index in [0.29, 0.717) is 6.54 Å². The van der Waals surface area contributed by atoms with Crippen LogP contribution in [0.4, 0.5) is 0 Å². The first-order valence-corrected chi connectivity index (χ1v) is 10.8. The van der Waals surface area contributed by atoms with Crippen LogP contribution >= 0.6 is 11.3 Å². The zero-order chi connectivity index (χ0) is 18.9. The van der Waals surface area contributed by atoms with Crippen molar-refractivity contribution in [3.63, 3.8) is 0 Å². The van der Waals surface area contributed by atoms with E-state index in [9.17, 15) is 8.42 Å². The Morgan fingerprint density at radius 1 is 1.31 bits per heavy atom. The number of aromatic nitrogens is 4. The molecular formula is C17H23N5O2S2. The van der Waals surface area contributed by atoms with Crippen LogP contribution < -0.4 is 4.72 Å². The molecule has 0 bridgehead atoms. The summed E-state index contributed by atoms with van der Waals surface area (Å²) < 4.78 is 31.0. The van der Waals surface area contributed by atoms with Gasteiger partial charge >= 0.3 is 0 Å². The van der Waals surface area contributed by atoms with E-state index < -0.39 is 10.0 Å². The Hall–Kier alpha value is -1.97. The molecule has 0 aliphatic heterocycles. The van der Waals surface area contributed by atoms with Gasteiger partial charge in [0.05, 0.1) is 18.6 Å². The topological polar surface area (TPSA) is 81.8 Å². The third-order valence-corrected chi connectivity index (χ3v) is 6.29. The van der Waals surface area contributed by atoms with Gasteiger partial charge in [0, 0.05) is 30.0 Å². The summed E-state index contributed by atoms with van der Waals surface area (Å²) in [6, 6.07) is 2.23. The molecule has 0 atom stereocenters. The third-order valence-electron chi connectivity index (χ3n) is 4.26. The Kier molecular flexibility index (Phi) is 5.31. The Morgan fingerprint density at radius 3 is 2.69 bits per heavy atom. The lowest BCUT2D eigenvalue weighted by Crippen LogP contribution is -2.28. The summed E-state index contributed by atoms with van der Waals surface area (Å²) in [6.45, 7) is 8.63. The summed E-state index contributed by atoms with van der Waals surface area (Å²) in [6.07, 6.45) is 3.08.